The van der Waals surface area contributed by atoms with E-state index in [4.69, 9.17) is 0 Å². The van der Waals surface area contributed by atoms with Crippen LogP contribution in [0.5, 0.6) is 0 Å². The Balaban J connectivity index is 1.41. The van der Waals surface area contributed by atoms with Gasteiger partial charge >= 0.3 is 6.18 Å². The van der Waals surface area contributed by atoms with Crippen LogP contribution in [0, 0.1) is 0 Å². The van der Waals surface area contributed by atoms with Crippen molar-refractivity contribution < 1.29 is 13.2 Å². The molecule has 1 aliphatic heterocycles. The van der Waals surface area contributed by atoms with E-state index >= 15 is 0 Å². The van der Waals surface area contributed by atoms with Crippen LogP contribution in [0.3, 0.4) is 0 Å². The fourth-order valence-corrected chi connectivity index (χ4v) is 3.14. The maximum Gasteiger partial charge on any atom is 0.416 e. The Kier molecular flexibility index (Phi) is 4.03. The predicted octanol–water partition coefficient (Wildman–Crippen LogP) is 2.46. The van der Waals surface area contributed by atoms with E-state index in [9.17, 15) is 13.2 Å². The maximum absolute atomic E-state index is 12.8. The Morgan fingerprint density at radius 3 is 2.85 bits per heavy atom. The molecule has 0 spiro atoms. The lowest BCUT2D eigenvalue weighted by atomic mass is 10.1. The Bertz CT molecular complexity index is 916. The number of alkyl halides is 3. The number of anilines is 1. The van der Waals surface area contributed by atoms with Gasteiger partial charge in [0.15, 0.2) is 5.82 Å². The van der Waals surface area contributed by atoms with Gasteiger partial charge in [-0.05, 0) is 18.7 Å². The first kappa shape index (κ1) is 16.8. The molecule has 0 bridgehead atoms. The molecule has 1 saturated heterocycles. The van der Waals surface area contributed by atoms with Crippen molar-refractivity contribution in [3.8, 4) is 0 Å². The van der Waals surface area contributed by atoms with Crippen LogP contribution in [-0.4, -0.2) is 50.7 Å². The zero-order valence-electron chi connectivity index (χ0n) is 14.1. The summed E-state index contributed by atoms with van der Waals surface area (Å²) >= 11 is 0. The van der Waals surface area contributed by atoms with Gasteiger partial charge in [-0.15, -0.1) is 10.2 Å². The third kappa shape index (κ3) is 3.10. The molecule has 0 saturated carbocycles. The summed E-state index contributed by atoms with van der Waals surface area (Å²) < 4.78 is 40.3. The zero-order valence-corrected chi connectivity index (χ0v) is 14.1. The number of nitrogens with zero attached hydrogens (tertiary/aromatic N) is 6. The zero-order chi connectivity index (χ0) is 18.3. The number of fused-ring (bicyclic) bond motifs is 1. The van der Waals surface area contributed by atoms with Crippen molar-refractivity contribution in [2.24, 2.45) is 0 Å². The van der Waals surface area contributed by atoms with Crippen LogP contribution in [0.15, 0.2) is 43.0 Å². The van der Waals surface area contributed by atoms with E-state index < -0.39 is 11.7 Å². The van der Waals surface area contributed by atoms with E-state index in [1.807, 2.05) is 11.4 Å². The van der Waals surface area contributed by atoms with Crippen LogP contribution in [-0.2, 0) is 12.7 Å². The molecule has 0 unspecified atom stereocenters. The average molecular weight is 362 g/mol. The van der Waals surface area contributed by atoms with Gasteiger partial charge < -0.3 is 4.90 Å². The second-order valence-electron chi connectivity index (χ2n) is 6.48. The van der Waals surface area contributed by atoms with Crippen molar-refractivity contribution in [2.45, 2.75) is 18.8 Å². The van der Waals surface area contributed by atoms with Crippen LogP contribution >= 0.6 is 0 Å². The first-order valence-electron chi connectivity index (χ1n) is 8.17. The van der Waals surface area contributed by atoms with Gasteiger partial charge in [0.25, 0.3) is 0 Å². The van der Waals surface area contributed by atoms with Gasteiger partial charge in [0.05, 0.1) is 5.56 Å². The Hall–Kier alpha value is -2.68. The summed E-state index contributed by atoms with van der Waals surface area (Å²) in [7, 11) is 1.92. The summed E-state index contributed by atoms with van der Waals surface area (Å²) in [4.78, 5) is 8.54. The summed E-state index contributed by atoms with van der Waals surface area (Å²) in [5.74, 6) is 0.772. The van der Waals surface area contributed by atoms with Crippen LogP contribution in [0.25, 0.3) is 5.65 Å². The molecule has 9 heteroatoms. The van der Waals surface area contributed by atoms with E-state index in [2.05, 4.69) is 25.0 Å². The van der Waals surface area contributed by atoms with E-state index in [-0.39, 0.29) is 6.04 Å². The van der Waals surface area contributed by atoms with Crippen molar-refractivity contribution in [3.63, 3.8) is 0 Å². The molecule has 3 aromatic rings. The van der Waals surface area contributed by atoms with Gasteiger partial charge in [-0.25, -0.2) is 4.98 Å². The smallest absolute Gasteiger partial charge is 0.350 e. The summed E-state index contributed by atoms with van der Waals surface area (Å²) in [6.07, 6.45) is 0.795. The number of hydrogen-bond donors (Lipinski definition) is 0. The maximum atomic E-state index is 12.8. The summed E-state index contributed by atoms with van der Waals surface area (Å²) in [5, 5.41) is 7.97. The highest BCUT2D eigenvalue weighted by molar-refractivity contribution is 5.64. The Morgan fingerprint density at radius 2 is 2.08 bits per heavy atom. The Morgan fingerprint density at radius 1 is 1.27 bits per heavy atom. The monoisotopic (exact) mass is 362 g/mol. The topological polar surface area (TPSA) is 49.6 Å². The van der Waals surface area contributed by atoms with Crippen LogP contribution in [0.2, 0.25) is 0 Å². The van der Waals surface area contributed by atoms with Gasteiger partial charge in [0, 0.05) is 38.1 Å². The standard InChI is InChI=1S/C17H17F3N6/c1-24(8-12-3-2-4-13(7-12)17(18,19)20)14-9-26(10-14)15-16-23-22-11-25(16)6-5-21-15/h2-7,11,14H,8-10H2,1H3. The second-order valence-corrected chi connectivity index (χ2v) is 6.48. The lowest BCUT2D eigenvalue weighted by Crippen LogP contribution is -2.58. The van der Waals surface area contributed by atoms with Crippen molar-refractivity contribution in [2.75, 3.05) is 25.0 Å². The molecule has 1 aromatic carbocycles. The molecule has 3 heterocycles. The number of rotatable bonds is 4. The molecule has 0 amide bonds. The summed E-state index contributed by atoms with van der Waals surface area (Å²) in [6, 6.07) is 5.73. The highest BCUT2D eigenvalue weighted by atomic mass is 19.4. The molecule has 0 N–H and O–H groups in total. The van der Waals surface area contributed by atoms with Crippen molar-refractivity contribution in [1.29, 1.82) is 0 Å². The summed E-state index contributed by atoms with van der Waals surface area (Å²) in [5.41, 5.74) is 0.742. The van der Waals surface area contributed by atoms with Gasteiger partial charge in [-0.2, -0.15) is 13.2 Å². The number of aromatic nitrogens is 4. The summed E-state index contributed by atoms with van der Waals surface area (Å²) in [6.45, 7) is 1.95. The molecular formula is C17H17F3N6. The van der Waals surface area contributed by atoms with Gasteiger partial charge in [0.2, 0.25) is 5.65 Å². The number of likely N-dealkylation sites (N-methyl/N-ethyl adjacent to an activating group) is 1. The first-order valence-corrected chi connectivity index (χ1v) is 8.17. The van der Waals surface area contributed by atoms with Crippen LogP contribution in [0.4, 0.5) is 19.0 Å². The van der Waals surface area contributed by atoms with E-state index in [1.165, 1.54) is 12.1 Å². The molecule has 0 radical (unpaired) electrons. The lowest BCUT2D eigenvalue weighted by Gasteiger charge is -2.44. The lowest BCUT2D eigenvalue weighted by molar-refractivity contribution is -0.137. The van der Waals surface area contributed by atoms with Gasteiger partial charge in [0.1, 0.15) is 6.33 Å². The third-order valence-electron chi connectivity index (χ3n) is 4.67. The second kappa shape index (κ2) is 6.24. The molecule has 1 aliphatic rings. The van der Waals surface area contributed by atoms with E-state index in [0.29, 0.717) is 17.8 Å². The molecule has 0 atom stereocenters. The largest absolute Gasteiger partial charge is 0.416 e. The van der Waals surface area contributed by atoms with Gasteiger partial charge in [-0.1, -0.05) is 18.2 Å². The number of halogens is 3. The van der Waals surface area contributed by atoms with Crippen molar-refractivity contribution in [3.05, 3.63) is 54.1 Å². The van der Waals surface area contributed by atoms with Crippen molar-refractivity contribution >= 4 is 11.5 Å². The molecule has 136 valence electrons. The number of hydrogen-bond acceptors (Lipinski definition) is 5. The average Bonchev–Trinajstić information content (AvgIpc) is 3.02. The first-order chi connectivity index (χ1) is 12.4. The fourth-order valence-electron chi connectivity index (χ4n) is 3.14. The normalized spacial score (nSPS) is 15.7. The minimum Gasteiger partial charge on any atom is -0.350 e. The predicted molar refractivity (Wildman–Crippen MR) is 89.7 cm³/mol. The van der Waals surface area contributed by atoms with Crippen molar-refractivity contribution in [1.82, 2.24) is 24.5 Å². The molecular weight excluding hydrogens is 345 g/mol. The van der Waals surface area contributed by atoms with Gasteiger partial charge in [-0.3, -0.25) is 9.30 Å². The van der Waals surface area contributed by atoms with Crippen LogP contribution < -0.4 is 4.90 Å². The number of benzene rings is 1. The minimum atomic E-state index is -4.32. The quantitative estimate of drug-likeness (QED) is 0.714. The molecule has 2 aromatic heterocycles. The fraction of sp³-hybridized carbons (Fsp3) is 0.353. The highest BCUT2D eigenvalue weighted by Crippen LogP contribution is 2.30. The molecule has 0 aliphatic carbocycles. The molecule has 26 heavy (non-hydrogen) atoms. The Labute approximate surface area is 147 Å². The highest BCUT2D eigenvalue weighted by Gasteiger charge is 2.33. The van der Waals surface area contributed by atoms with E-state index in [1.54, 1.807) is 24.8 Å². The van der Waals surface area contributed by atoms with E-state index in [0.717, 1.165) is 25.0 Å². The third-order valence-corrected chi connectivity index (χ3v) is 4.67. The SMILES string of the molecule is CN(Cc1cccc(C(F)(F)F)c1)C1CN(c2nccn3cnnc23)C1. The molecule has 4 rings (SSSR count). The molecule has 6 nitrogen and oxygen atoms in total. The minimum absolute atomic E-state index is 0.245. The molecule has 1 fully saturated rings. The van der Waals surface area contributed by atoms with Crippen LogP contribution in [0.1, 0.15) is 11.1 Å².